The van der Waals surface area contributed by atoms with Crippen LogP contribution in [-0.4, -0.2) is 42.8 Å². The number of fused-ring (bicyclic) bond motifs is 2. The Morgan fingerprint density at radius 2 is 1.91 bits per heavy atom. The first-order chi connectivity index (χ1) is 15.5. The van der Waals surface area contributed by atoms with Crippen molar-refractivity contribution in [2.24, 2.45) is 4.99 Å². The third kappa shape index (κ3) is 3.98. The summed E-state index contributed by atoms with van der Waals surface area (Å²) < 4.78 is 11.2. The lowest BCUT2D eigenvalue weighted by Gasteiger charge is -2.18. The highest BCUT2D eigenvalue weighted by Crippen LogP contribution is 2.46. The molecule has 0 saturated carbocycles. The molecule has 0 N–H and O–H groups in total. The molecule has 3 heterocycles. The van der Waals surface area contributed by atoms with E-state index >= 15 is 0 Å². The summed E-state index contributed by atoms with van der Waals surface area (Å²) in [7, 11) is 2.00. The number of hydrogen-bond donors (Lipinski definition) is 0. The van der Waals surface area contributed by atoms with Gasteiger partial charge in [0, 0.05) is 29.6 Å². The van der Waals surface area contributed by atoms with Crippen LogP contribution in [0.1, 0.15) is 6.92 Å². The van der Waals surface area contributed by atoms with E-state index in [1.165, 1.54) is 11.8 Å². The fourth-order valence-corrected chi connectivity index (χ4v) is 5.73. The Kier molecular flexibility index (Phi) is 5.84. The average molecular weight is 486 g/mol. The van der Waals surface area contributed by atoms with Crippen LogP contribution in [0, 0.1) is 0 Å². The first kappa shape index (κ1) is 21.3. The molecule has 0 aliphatic carbocycles. The summed E-state index contributed by atoms with van der Waals surface area (Å²) in [6.45, 7) is 3.55. The minimum Gasteiger partial charge on any atom is -0.486 e. The Morgan fingerprint density at radius 1 is 1.09 bits per heavy atom. The molecule has 0 atom stereocenters. The second-order valence-corrected chi connectivity index (χ2v) is 9.69. The number of hydrogen-bond acceptors (Lipinski definition) is 7. The molecule has 0 radical (unpaired) electrons. The number of halogens is 1. The number of anilines is 1. The lowest BCUT2D eigenvalue weighted by molar-refractivity contribution is -0.122. The quantitative estimate of drug-likeness (QED) is 0.523. The molecule has 1 saturated heterocycles. The Labute approximate surface area is 199 Å². The molecule has 1 fully saturated rings. The van der Waals surface area contributed by atoms with Crippen LogP contribution in [0.2, 0.25) is 5.02 Å². The zero-order valence-electron chi connectivity index (χ0n) is 17.5. The predicted molar refractivity (Wildman–Crippen MR) is 131 cm³/mol. The highest BCUT2D eigenvalue weighted by atomic mass is 35.5. The Balaban J connectivity index is 1.40. The monoisotopic (exact) mass is 485 g/mol. The van der Waals surface area contributed by atoms with Crippen molar-refractivity contribution in [1.82, 2.24) is 4.90 Å². The molecule has 5 rings (SSSR count). The first-order valence-electron chi connectivity index (χ1n) is 10.1. The number of allylic oxidation sites excluding steroid dienone is 2. The fraction of sp³-hybridized carbons (Fsp3) is 0.217. The molecule has 2 aromatic rings. The lowest BCUT2D eigenvalue weighted by Crippen LogP contribution is -2.28. The van der Waals surface area contributed by atoms with Crippen LogP contribution in [0.15, 0.2) is 68.4 Å². The van der Waals surface area contributed by atoms with Gasteiger partial charge in [0.25, 0.3) is 5.91 Å². The zero-order valence-corrected chi connectivity index (χ0v) is 19.9. The summed E-state index contributed by atoms with van der Waals surface area (Å²) in [5.74, 6) is 1.35. The van der Waals surface area contributed by atoms with Gasteiger partial charge < -0.3 is 14.4 Å². The van der Waals surface area contributed by atoms with Gasteiger partial charge in [0.05, 0.1) is 21.3 Å². The zero-order chi connectivity index (χ0) is 22.2. The third-order valence-electron chi connectivity index (χ3n) is 5.16. The number of nitrogens with zero attached hydrogens (tertiary/aromatic N) is 3. The minimum absolute atomic E-state index is 0.0446. The molecular formula is C23H20ClN3O3S2. The van der Waals surface area contributed by atoms with Crippen LogP contribution in [0.4, 0.5) is 11.4 Å². The van der Waals surface area contributed by atoms with E-state index in [0.29, 0.717) is 40.6 Å². The maximum Gasteiger partial charge on any atom is 0.266 e. The van der Waals surface area contributed by atoms with Gasteiger partial charge in [-0.2, -0.15) is 0 Å². The van der Waals surface area contributed by atoms with Crippen molar-refractivity contribution in [2.45, 2.75) is 11.8 Å². The number of carbonyl (C=O) groups excluding carboxylic acids is 1. The van der Waals surface area contributed by atoms with Crippen molar-refractivity contribution in [2.75, 3.05) is 31.7 Å². The summed E-state index contributed by atoms with van der Waals surface area (Å²) >= 11 is 9.17. The van der Waals surface area contributed by atoms with Crippen molar-refractivity contribution in [3.05, 3.63) is 63.5 Å². The molecule has 6 nitrogen and oxygen atoms in total. The number of thioether (sulfide) groups is 2. The molecule has 3 aliphatic rings. The summed E-state index contributed by atoms with van der Waals surface area (Å²) in [6.07, 6.45) is 3.84. The standard InChI is InChI=1S/C23H20ClN3O3S2/c1-3-27-22(28)20(8-9-21-26(2)16-12-14(24)4-7-19(16)31-21)32-23(27)25-15-5-6-17-18(13-15)30-11-10-29-17/h4-9,12-13H,3,10-11H2,1-2H3. The van der Waals surface area contributed by atoms with Gasteiger partial charge in [0.1, 0.15) is 13.2 Å². The van der Waals surface area contributed by atoms with E-state index < -0.39 is 0 Å². The summed E-state index contributed by atoms with van der Waals surface area (Å²) in [5, 5.41) is 2.39. The van der Waals surface area contributed by atoms with E-state index in [4.69, 9.17) is 26.1 Å². The molecule has 32 heavy (non-hydrogen) atoms. The van der Waals surface area contributed by atoms with Crippen molar-refractivity contribution in [3.63, 3.8) is 0 Å². The second kappa shape index (κ2) is 8.77. The highest BCUT2D eigenvalue weighted by Gasteiger charge is 2.32. The molecular weight excluding hydrogens is 466 g/mol. The summed E-state index contributed by atoms with van der Waals surface area (Å²) in [6, 6.07) is 11.4. The van der Waals surface area contributed by atoms with Gasteiger partial charge in [-0.3, -0.25) is 9.69 Å². The van der Waals surface area contributed by atoms with Crippen LogP contribution < -0.4 is 14.4 Å². The molecule has 0 spiro atoms. The maximum absolute atomic E-state index is 13.0. The molecule has 2 aromatic carbocycles. The van der Waals surface area contributed by atoms with Gasteiger partial charge in [-0.15, -0.1) is 0 Å². The number of rotatable bonds is 3. The van der Waals surface area contributed by atoms with Gasteiger partial charge in [-0.05, 0) is 61.2 Å². The van der Waals surface area contributed by atoms with Crippen LogP contribution in [0.3, 0.4) is 0 Å². The average Bonchev–Trinajstić information content (AvgIpc) is 3.27. The summed E-state index contributed by atoms with van der Waals surface area (Å²) in [5.41, 5.74) is 1.79. The van der Waals surface area contributed by atoms with Crippen LogP contribution in [0.25, 0.3) is 0 Å². The topological polar surface area (TPSA) is 54.4 Å². The van der Waals surface area contributed by atoms with Crippen molar-refractivity contribution in [3.8, 4) is 11.5 Å². The Morgan fingerprint density at radius 3 is 2.72 bits per heavy atom. The van der Waals surface area contributed by atoms with E-state index in [1.54, 1.807) is 16.7 Å². The van der Waals surface area contributed by atoms with Gasteiger partial charge in [-0.1, -0.05) is 23.4 Å². The van der Waals surface area contributed by atoms with E-state index in [0.717, 1.165) is 27.0 Å². The fourth-order valence-electron chi connectivity index (χ4n) is 3.53. The van der Waals surface area contributed by atoms with Crippen LogP contribution in [0.5, 0.6) is 11.5 Å². The second-order valence-electron chi connectivity index (χ2n) is 7.18. The minimum atomic E-state index is -0.0446. The molecule has 9 heteroatoms. The number of carbonyl (C=O) groups is 1. The molecule has 1 amide bonds. The van der Waals surface area contributed by atoms with Crippen LogP contribution >= 0.6 is 35.1 Å². The first-order valence-corrected chi connectivity index (χ1v) is 12.2. The number of ether oxygens (including phenoxy) is 2. The third-order valence-corrected chi connectivity index (χ3v) is 7.60. The van der Waals surface area contributed by atoms with Gasteiger partial charge in [0.15, 0.2) is 16.7 Å². The number of likely N-dealkylation sites (N-methyl/N-ethyl adjacent to an activating group) is 1. The molecule has 0 unspecified atom stereocenters. The van der Waals surface area contributed by atoms with Gasteiger partial charge >= 0.3 is 0 Å². The molecule has 0 bridgehead atoms. The number of amides is 1. The van der Waals surface area contributed by atoms with Crippen LogP contribution in [-0.2, 0) is 4.79 Å². The summed E-state index contributed by atoms with van der Waals surface area (Å²) in [4.78, 5) is 23.2. The van der Waals surface area contributed by atoms with E-state index in [1.807, 2.05) is 62.5 Å². The van der Waals surface area contributed by atoms with Gasteiger partial charge in [-0.25, -0.2) is 4.99 Å². The number of benzene rings is 2. The number of amidine groups is 1. The molecule has 0 aromatic heterocycles. The maximum atomic E-state index is 13.0. The number of aliphatic imine (C=N–C) groups is 1. The largest absolute Gasteiger partial charge is 0.486 e. The van der Waals surface area contributed by atoms with Gasteiger partial charge in [0.2, 0.25) is 0 Å². The SMILES string of the molecule is CCN1C(=O)C(=CC=C2Sc3ccc(Cl)cc3N2C)SC1=Nc1ccc2c(c1)OCCO2. The Bertz CT molecular complexity index is 1200. The predicted octanol–water partition coefficient (Wildman–Crippen LogP) is 5.66. The Hall–Kier alpha value is -2.55. The van der Waals surface area contributed by atoms with E-state index in [2.05, 4.69) is 4.90 Å². The van der Waals surface area contributed by atoms with E-state index in [9.17, 15) is 4.79 Å². The van der Waals surface area contributed by atoms with Crippen molar-refractivity contribution < 1.29 is 14.3 Å². The van der Waals surface area contributed by atoms with E-state index in [-0.39, 0.29) is 5.91 Å². The smallest absolute Gasteiger partial charge is 0.266 e. The normalized spacial score (nSPS) is 21.2. The molecule has 164 valence electrons. The lowest BCUT2D eigenvalue weighted by atomic mass is 10.2. The molecule has 3 aliphatic heterocycles. The van der Waals surface area contributed by atoms with Crippen molar-refractivity contribution >= 4 is 57.6 Å². The van der Waals surface area contributed by atoms with Crippen molar-refractivity contribution in [1.29, 1.82) is 0 Å². The highest BCUT2D eigenvalue weighted by molar-refractivity contribution is 8.18.